The second-order valence-corrected chi connectivity index (χ2v) is 17.4. The van der Waals surface area contributed by atoms with Gasteiger partial charge in [-0.3, -0.25) is 0 Å². The summed E-state index contributed by atoms with van der Waals surface area (Å²) in [6.07, 6.45) is 0. The van der Waals surface area contributed by atoms with Crippen molar-refractivity contribution in [3.63, 3.8) is 0 Å². The molecule has 0 saturated carbocycles. The molecule has 0 unspecified atom stereocenters. The maximum atomic E-state index is 16.6. The van der Waals surface area contributed by atoms with Crippen LogP contribution in [0.4, 0.5) is 0 Å². The average molecular weight is 747 g/mol. The molecule has 54 heavy (non-hydrogen) atoms. The van der Waals surface area contributed by atoms with Gasteiger partial charge in [-0.15, -0.1) is 0 Å². The van der Waals surface area contributed by atoms with Crippen molar-refractivity contribution in [2.24, 2.45) is 0 Å². The summed E-state index contributed by atoms with van der Waals surface area (Å²) < 4.78 is 18.5. The zero-order valence-corrected chi connectivity index (χ0v) is 31.6. The molecule has 0 saturated heterocycles. The Morgan fingerprint density at radius 3 is 0.704 bits per heavy atom. The number of hydrogen-bond acceptors (Lipinski definition) is 1. The third kappa shape index (κ3) is 5.40. The van der Waals surface area contributed by atoms with E-state index in [1.165, 1.54) is 0 Å². The van der Waals surface area contributed by atoms with Crippen molar-refractivity contribution < 1.29 is 3.78 Å². The van der Waals surface area contributed by atoms with E-state index in [-0.39, 0.29) is 0 Å². The molecule has 0 atom stereocenters. The SMILES string of the molecule is [O]=[Ge]([c]1c(-c2cccc3ccccc23)cccc1-c1cccc2ccccc12)[c]1c(-c2cccc3ccccc23)cccc1-c1cccc2ccccc12. The predicted octanol–water partition coefficient (Wildman–Crippen LogP) is 12.5. The molecule has 10 rings (SSSR count). The molecule has 0 amide bonds. The van der Waals surface area contributed by atoms with E-state index in [9.17, 15) is 0 Å². The molecule has 0 N–H and O–H groups in total. The molecule has 0 bridgehead atoms. The first-order valence-electron chi connectivity index (χ1n) is 18.5. The van der Waals surface area contributed by atoms with Gasteiger partial charge in [0.25, 0.3) is 0 Å². The van der Waals surface area contributed by atoms with E-state index in [1.54, 1.807) is 0 Å². The molecular weight excluding hydrogens is 713 g/mol. The van der Waals surface area contributed by atoms with Crippen molar-refractivity contribution in [3.8, 4) is 44.5 Å². The molecule has 0 aliphatic heterocycles. The van der Waals surface area contributed by atoms with Crippen molar-refractivity contribution in [2.45, 2.75) is 0 Å². The van der Waals surface area contributed by atoms with Crippen LogP contribution in [0.2, 0.25) is 0 Å². The van der Waals surface area contributed by atoms with Crippen molar-refractivity contribution in [1.29, 1.82) is 0 Å². The summed E-state index contributed by atoms with van der Waals surface area (Å²) in [6.45, 7) is 0. The van der Waals surface area contributed by atoms with Crippen LogP contribution in [0, 0.1) is 0 Å². The van der Waals surface area contributed by atoms with Gasteiger partial charge in [0.15, 0.2) is 0 Å². The van der Waals surface area contributed by atoms with Crippen molar-refractivity contribution in [2.75, 3.05) is 0 Å². The molecule has 0 aromatic heterocycles. The summed E-state index contributed by atoms with van der Waals surface area (Å²) in [7, 11) is 0. The standard InChI is InChI=1S/C52H34GeO/c54-53(51-47(43-27-9-19-35-15-1-5-23-39(35)43)31-13-32-48(51)44-28-10-20-36-16-2-6-24-40(36)44)52-49(45-29-11-21-37-17-3-7-25-41(37)45)33-14-34-50(52)46-30-12-22-38-18-4-8-26-42(38)46/h1-34H. The zero-order valence-electron chi connectivity index (χ0n) is 29.5. The Bertz CT molecular complexity index is 2660. The van der Waals surface area contributed by atoms with E-state index in [0.717, 1.165) is 96.4 Å². The van der Waals surface area contributed by atoms with Crippen LogP contribution < -0.4 is 8.79 Å². The molecule has 0 heterocycles. The van der Waals surface area contributed by atoms with Gasteiger partial charge in [0.05, 0.1) is 0 Å². The molecule has 10 aromatic rings. The topological polar surface area (TPSA) is 17.1 Å². The summed E-state index contributed by atoms with van der Waals surface area (Å²) in [5.41, 5.74) is 8.50. The van der Waals surface area contributed by atoms with Crippen LogP contribution in [0.25, 0.3) is 87.6 Å². The monoisotopic (exact) mass is 748 g/mol. The summed E-state index contributed by atoms with van der Waals surface area (Å²) in [5, 5.41) is 9.26. The van der Waals surface area contributed by atoms with Crippen molar-refractivity contribution >= 4 is 66.2 Å². The third-order valence-corrected chi connectivity index (χ3v) is 15.1. The fourth-order valence-electron chi connectivity index (χ4n) is 8.46. The second kappa shape index (κ2) is 13.5. The summed E-state index contributed by atoms with van der Waals surface area (Å²) in [6, 6.07) is 73.1. The maximum absolute atomic E-state index is 16.6. The predicted molar refractivity (Wildman–Crippen MR) is 230 cm³/mol. The van der Waals surface area contributed by atoms with E-state index >= 15 is 3.78 Å². The van der Waals surface area contributed by atoms with E-state index in [2.05, 4.69) is 206 Å². The number of hydrogen-bond donors (Lipinski definition) is 0. The number of benzene rings is 10. The van der Waals surface area contributed by atoms with Gasteiger partial charge < -0.3 is 0 Å². The molecule has 10 aromatic carbocycles. The van der Waals surface area contributed by atoms with Gasteiger partial charge in [0.1, 0.15) is 0 Å². The zero-order chi connectivity index (χ0) is 36.0. The molecule has 0 aliphatic carbocycles. The Labute approximate surface area is 319 Å². The van der Waals surface area contributed by atoms with Gasteiger partial charge in [-0.25, -0.2) is 0 Å². The van der Waals surface area contributed by atoms with Crippen molar-refractivity contribution in [3.05, 3.63) is 206 Å². The first-order chi connectivity index (χ1) is 26.7. The van der Waals surface area contributed by atoms with Gasteiger partial charge in [0.2, 0.25) is 0 Å². The van der Waals surface area contributed by atoms with Crippen LogP contribution in [-0.4, -0.2) is 14.3 Å². The van der Waals surface area contributed by atoms with Crippen molar-refractivity contribution in [1.82, 2.24) is 0 Å². The normalized spacial score (nSPS) is 11.4. The van der Waals surface area contributed by atoms with Crippen LogP contribution >= 0.6 is 0 Å². The molecule has 0 radical (unpaired) electrons. The van der Waals surface area contributed by atoms with Gasteiger partial charge in [-0.05, 0) is 0 Å². The molecule has 0 fully saturated rings. The van der Waals surface area contributed by atoms with Gasteiger partial charge in [0, 0.05) is 0 Å². The fourth-order valence-corrected chi connectivity index (χ4v) is 12.9. The fraction of sp³-hybridized carbons (Fsp3) is 0. The molecule has 0 spiro atoms. The first kappa shape index (κ1) is 32.3. The van der Waals surface area contributed by atoms with Gasteiger partial charge in [-0.1, -0.05) is 0 Å². The quantitative estimate of drug-likeness (QED) is 0.155. The van der Waals surface area contributed by atoms with Crippen LogP contribution in [0.3, 0.4) is 0 Å². The Hall–Kier alpha value is -6.42. The van der Waals surface area contributed by atoms with Crippen LogP contribution in [-0.2, 0) is 3.78 Å². The summed E-state index contributed by atoms with van der Waals surface area (Å²) >= 11 is -3.74. The summed E-state index contributed by atoms with van der Waals surface area (Å²) in [5.74, 6) is 0. The number of rotatable bonds is 6. The van der Waals surface area contributed by atoms with Crippen LogP contribution in [0.1, 0.15) is 0 Å². The first-order valence-corrected chi connectivity index (χ1v) is 21.4. The van der Waals surface area contributed by atoms with E-state index in [1.807, 2.05) is 0 Å². The van der Waals surface area contributed by atoms with Crippen LogP contribution in [0.5, 0.6) is 0 Å². The average Bonchev–Trinajstić information content (AvgIpc) is 3.25. The number of fused-ring (bicyclic) bond motifs is 4. The van der Waals surface area contributed by atoms with E-state index in [4.69, 9.17) is 0 Å². The molecule has 252 valence electrons. The van der Waals surface area contributed by atoms with Crippen LogP contribution in [0.15, 0.2) is 206 Å². The Kier molecular flexibility index (Phi) is 8.08. The second-order valence-electron chi connectivity index (χ2n) is 13.9. The van der Waals surface area contributed by atoms with Gasteiger partial charge >= 0.3 is 321 Å². The molecule has 2 heteroatoms. The van der Waals surface area contributed by atoms with Gasteiger partial charge in [-0.2, -0.15) is 0 Å². The third-order valence-electron chi connectivity index (χ3n) is 10.9. The summed E-state index contributed by atoms with van der Waals surface area (Å²) in [4.78, 5) is 0. The Morgan fingerprint density at radius 1 is 0.222 bits per heavy atom. The van der Waals surface area contributed by atoms with E-state index < -0.39 is 14.3 Å². The minimum atomic E-state index is -3.74. The Morgan fingerprint density at radius 2 is 0.426 bits per heavy atom. The van der Waals surface area contributed by atoms with E-state index in [0.29, 0.717) is 0 Å². The molecule has 0 aliphatic rings. The molecule has 1 nitrogen and oxygen atoms in total. The minimum absolute atomic E-state index is 0.944. The Balaban J connectivity index is 1.35. The molecular formula is C52H34GeO.